The Bertz CT molecular complexity index is 533. The lowest BCUT2D eigenvalue weighted by atomic mass is 9.97. The fraction of sp³-hybridized carbons (Fsp3) is 0.529. The number of piperidine rings is 1. The Morgan fingerprint density at radius 1 is 1.45 bits per heavy atom. The number of nitrogens with zero attached hydrogens (tertiary/aromatic N) is 1. The first-order valence-electron chi connectivity index (χ1n) is 7.83. The molecule has 1 fully saturated rings. The summed E-state index contributed by atoms with van der Waals surface area (Å²) in [7, 11) is 0. The first kappa shape index (κ1) is 16.9. The zero-order chi connectivity index (χ0) is 15.9. The Labute approximate surface area is 137 Å². The maximum absolute atomic E-state index is 11.9. The van der Waals surface area contributed by atoms with Gasteiger partial charge in [-0.05, 0) is 37.4 Å². The standard InChI is InChI=1S/C17H24N2O2S/c1-2-21-17(20)15-7-4-8-19(12-15)11-14-6-3-5-13(9-14)10-16(18)22/h3,5-6,9,15H,2,4,7-8,10-12H2,1H3,(H2,18,22). The van der Waals surface area contributed by atoms with Crippen molar-refractivity contribution in [3.05, 3.63) is 35.4 Å². The fourth-order valence-electron chi connectivity index (χ4n) is 2.95. The number of nitrogens with two attached hydrogens (primary N) is 1. The average molecular weight is 320 g/mol. The fourth-order valence-corrected chi connectivity index (χ4v) is 3.12. The minimum Gasteiger partial charge on any atom is -0.466 e. The van der Waals surface area contributed by atoms with E-state index in [4.69, 9.17) is 22.7 Å². The summed E-state index contributed by atoms with van der Waals surface area (Å²) < 4.78 is 5.15. The van der Waals surface area contributed by atoms with Crippen molar-refractivity contribution in [2.24, 2.45) is 11.7 Å². The van der Waals surface area contributed by atoms with Crippen molar-refractivity contribution in [1.29, 1.82) is 0 Å². The van der Waals surface area contributed by atoms with Crippen LogP contribution in [0.5, 0.6) is 0 Å². The van der Waals surface area contributed by atoms with Gasteiger partial charge in [-0.25, -0.2) is 0 Å². The van der Waals surface area contributed by atoms with Gasteiger partial charge in [0, 0.05) is 19.5 Å². The van der Waals surface area contributed by atoms with Crippen molar-refractivity contribution in [2.75, 3.05) is 19.7 Å². The molecule has 1 atom stereocenters. The van der Waals surface area contributed by atoms with E-state index in [1.165, 1.54) is 5.56 Å². The second-order valence-electron chi connectivity index (χ2n) is 5.79. The summed E-state index contributed by atoms with van der Waals surface area (Å²) in [5.41, 5.74) is 7.99. The Kier molecular flexibility index (Phi) is 6.34. The molecule has 2 N–H and O–H groups in total. The molecule has 22 heavy (non-hydrogen) atoms. The monoisotopic (exact) mass is 320 g/mol. The molecule has 120 valence electrons. The van der Waals surface area contributed by atoms with Crippen molar-refractivity contribution in [3.63, 3.8) is 0 Å². The number of rotatable bonds is 6. The quantitative estimate of drug-likeness (QED) is 0.644. The van der Waals surface area contributed by atoms with Gasteiger partial charge >= 0.3 is 5.97 Å². The van der Waals surface area contributed by atoms with E-state index < -0.39 is 0 Å². The van der Waals surface area contributed by atoms with E-state index in [2.05, 4.69) is 17.0 Å². The molecule has 1 aromatic carbocycles. The number of carbonyl (C=O) groups excluding carboxylic acids is 1. The molecule has 1 saturated heterocycles. The molecule has 4 nitrogen and oxygen atoms in total. The third-order valence-corrected chi connectivity index (χ3v) is 4.05. The van der Waals surface area contributed by atoms with E-state index in [0.29, 0.717) is 18.0 Å². The highest BCUT2D eigenvalue weighted by Gasteiger charge is 2.26. The smallest absolute Gasteiger partial charge is 0.310 e. The number of likely N-dealkylation sites (tertiary alicyclic amines) is 1. The van der Waals surface area contributed by atoms with E-state index in [0.717, 1.165) is 38.0 Å². The maximum atomic E-state index is 11.9. The van der Waals surface area contributed by atoms with Gasteiger partial charge in [0.15, 0.2) is 0 Å². The van der Waals surface area contributed by atoms with Crippen LogP contribution in [-0.2, 0) is 22.5 Å². The van der Waals surface area contributed by atoms with Crippen LogP contribution in [0.1, 0.15) is 30.9 Å². The summed E-state index contributed by atoms with van der Waals surface area (Å²) >= 11 is 4.97. The second kappa shape index (κ2) is 8.25. The van der Waals surface area contributed by atoms with E-state index >= 15 is 0 Å². The molecular weight excluding hydrogens is 296 g/mol. The number of carbonyl (C=O) groups is 1. The van der Waals surface area contributed by atoms with Crippen LogP contribution in [0.4, 0.5) is 0 Å². The van der Waals surface area contributed by atoms with Crippen molar-refractivity contribution in [1.82, 2.24) is 4.90 Å². The molecule has 1 unspecified atom stereocenters. The third kappa shape index (κ3) is 5.07. The Morgan fingerprint density at radius 3 is 2.95 bits per heavy atom. The number of hydrogen-bond donors (Lipinski definition) is 1. The third-order valence-electron chi connectivity index (χ3n) is 3.90. The van der Waals surface area contributed by atoms with Crippen LogP contribution in [0.2, 0.25) is 0 Å². The predicted molar refractivity (Wildman–Crippen MR) is 91.6 cm³/mol. The lowest BCUT2D eigenvalue weighted by molar-refractivity contribution is -0.150. The summed E-state index contributed by atoms with van der Waals surface area (Å²) in [6, 6.07) is 8.33. The lowest BCUT2D eigenvalue weighted by Gasteiger charge is -2.31. The van der Waals surface area contributed by atoms with Crippen LogP contribution in [0.25, 0.3) is 0 Å². The van der Waals surface area contributed by atoms with E-state index in [1.54, 1.807) is 0 Å². The number of benzene rings is 1. The molecule has 0 bridgehead atoms. The SMILES string of the molecule is CCOC(=O)C1CCCN(Cc2cccc(CC(N)=S)c2)C1. The van der Waals surface area contributed by atoms with Crippen LogP contribution in [0, 0.1) is 5.92 Å². The van der Waals surface area contributed by atoms with E-state index in [-0.39, 0.29) is 11.9 Å². The Morgan fingerprint density at radius 2 is 2.23 bits per heavy atom. The van der Waals surface area contributed by atoms with Gasteiger partial charge in [0.05, 0.1) is 17.5 Å². The van der Waals surface area contributed by atoms with Gasteiger partial charge in [-0.15, -0.1) is 0 Å². The highest BCUT2D eigenvalue weighted by atomic mass is 32.1. The molecule has 5 heteroatoms. The highest BCUT2D eigenvalue weighted by Crippen LogP contribution is 2.20. The summed E-state index contributed by atoms with van der Waals surface area (Å²) in [5, 5.41) is 0. The van der Waals surface area contributed by atoms with Crippen LogP contribution >= 0.6 is 12.2 Å². The van der Waals surface area contributed by atoms with Gasteiger partial charge in [-0.3, -0.25) is 9.69 Å². The molecule has 0 amide bonds. The number of esters is 1. The Hall–Kier alpha value is -1.46. The lowest BCUT2D eigenvalue weighted by Crippen LogP contribution is -2.38. The first-order chi connectivity index (χ1) is 10.6. The van der Waals surface area contributed by atoms with Crippen molar-refractivity contribution in [2.45, 2.75) is 32.7 Å². The normalized spacial score (nSPS) is 18.9. The zero-order valence-electron chi connectivity index (χ0n) is 13.1. The van der Waals surface area contributed by atoms with Crippen molar-refractivity contribution in [3.8, 4) is 0 Å². The molecule has 0 saturated carbocycles. The zero-order valence-corrected chi connectivity index (χ0v) is 13.9. The molecule has 1 heterocycles. The molecule has 2 rings (SSSR count). The van der Waals surface area contributed by atoms with E-state index in [9.17, 15) is 4.79 Å². The molecular formula is C17H24N2O2S. The molecule has 0 spiro atoms. The molecule has 1 aliphatic heterocycles. The second-order valence-corrected chi connectivity index (χ2v) is 6.31. The molecule has 0 aromatic heterocycles. The molecule has 0 radical (unpaired) electrons. The van der Waals surface area contributed by atoms with Gasteiger partial charge in [-0.1, -0.05) is 36.5 Å². The number of hydrogen-bond acceptors (Lipinski definition) is 4. The van der Waals surface area contributed by atoms with Gasteiger partial charge in [0.25, 0.3) is 0 Å². The summed E-state index contributed by atoms with van der Waals surface area (Å²) in [6.07, 6.45) is 2.60. The van der Waals surface area contributed by atoms with Gasteiger partial charge in [-0.2, -0.15) is 0 Å². The summed E-state index contributed by atoms with van der Waals surface area (Å²) in [4.78, 5) is 14.7. The predicted octanol–water partition coefficient (Wildman–Crippen LogP) is 2.29. The largest absolute Gasteiger partial charge is 0.466 e. The molecule has 0 aliphatic carbocycles. The van der Waals surface area contributed by atoms with Gasteiger partial charge < -0.3 is 10.5 Å². The highest BCUT2D eigenvalue weighted by molar-refractivity contribution is 7.80. The minimum atomic E-state index is -0.0607. The minimum absolute atomic E-state index is 0.00787. The average Bonchev–Trinajstić information content (AvgIpc) is 2.47. The number of thiocarbonyl (C=S) groups is 1. The van der Waals surface area contributed by atoms with Gasteiger partial charge in [0.1, 0.15) is 0 Å². The number of ether oxygens (including phenoxy) is 1. The van der Waals surface area contributed by atoms with Crippen LogP contribution in [0.3, 0.4) is 0 Å². The summed E-state index contributed by atoms with van der Waals surface area (Å²) in [5.74, 6) is -0.0528. The van der Waals surface area contributed by atoms with Crippen molar-refractivity contribution < 1.29 is 9.53 Å². The van der Waals surface area contributed by atoms with Crippen LogP contribution in [0.15, 0.2) is 24.3 Å². The van der Waals surface area contributed by atoms with Gasteiger partial charge in [0.2, 0.25) is 0 Å². The maximum Gasteiger partial charge on any atom is 0.310 e. The topological polar surface area (TPSA) is 55.6 Å². The van der Waals surface area contributed by atoms with Crippen LogP contribution < -0.4 is 5.73 Å². The van der Waals surface area contributed by atoms with E-state index in [1.807, 2.05) is 19.1 Å². The first-order valence-corrected chi connectivity index (χ1v) is 8.24. The molecule has 1 aromatic rings. The van der Waals surface area contributed by atoms with Crippen molar-refractivity contribution >= 4 is 23.2 Å². The molecule has 1 aliphatic rings. The Balaban J connectivity index is 1.95. The van der Waals surface area contributed by atoms with Crippen LogP contribution in [-0.4, -0.2) is 35.6 Å². The summed E-state index contributed by atoms with van der Waals surface area (Å²) in [6.45, 7) is 4.96.